The number of nitrogens with one attached hydrogen (secondary N) is 5. The van der Waals surface area contributed by atoms with Crippen molar-refractivity contribution in [2.45, 2.75) is 46.7 Å². The van der Waals surface area contributed by atoms with Crippen molar-refractivity contribution < 1.29 is 24.0 Å². The molecule has 1 atom stereocenters. The van der Waals surface area contributed by atoms with E-state index in [0.29, 0.717) is 10.9 Å². The minimum atomic E-state index is -0.990. The summed E-state index contributed by atoms with van der Waals surface area (Å²) in [5.41, 5.74) is 2.99. The van der Waals surface area contributed by atoms with Gasteiger partial charge in [0.1, 0.15) is 6.04 Å². The largest absolute Gasteiger partial charge is 0.347 e. The number of para-hydroxylation sites is 1. The number of benzene rings is 3. The summed E-state index contributed by atoms with van der Waals surface area (Å²) in [7, 11) is 0. The van der Waals surface area contributed by atoms with Gasteiger partial charge >= 0.3 is 0 Å². The summed E-state index contributed by atoms with van der Waals surface area (Å²) in [6.07, 6.45) is 1.25. The number of carbonyl (C=O) groups excluding carboxylic acids is 5. The van der Waals surface area contributed by atoms with Crippen molar-refractivity contribution in [3.63, 3.8) is 0 Å². The van der Waals surface area contributed by atoms with Crippen LogP contribution in [0.15, 0.2) is 84.9 Å². The first kappa shape index (κ1) is 34.9. The van der Waals surface area contributed by atoms with E-state index in [-0.39, 0.29) is 18.8 Å². The third-order valence-electron chi connectivity index (χ3n) is 5.78. The number of fused-ring (bicyclic) bond motifs is 1. The number of amides is 4. The van der Waals surface area contributed by atoms with Crippen molar-refractivity contribution in [1.29, 1.82) is 0 Å². The van der Waals surface area contributed by atoms with Gasteiger partial charge in [-0.15, -0.1) is 0 Å². The predicted molar refractivity (Wildman–Crippen MR) is 169 cm³/mol. The van der Waals surface area contributed by atoms with Gasteiger partial charge in [0.2, 0.25) is 17.6 Å². The fourth-order valence-corrected chi connectivity index (χ4v) is 3.55. The highest BCUT2D eigenvalue weighted by Gasteiger charge is 2.20. The highest BCUT2D eigenvalue weighted by molar-refractivity contribution is 6.37. The number of rotatable bonds is 10. The SMILES string of the molecule is CC(NC(=O)CNC(=O)c1n[nH]c2ccccc12)C(=O)NCC(=O)C(=O)NCc1ccccc1.CCC.Cc1ccccc1. The number of aromatic nitrogens is 2. The smallest absolute Gasteiger partial charge is 0.289 e. The Hall–Kier alpha value is -5.32. The molecule has 0 saturated heterocycles. The van der Waals surface area contributed by atoms with Gasteiger partial charge in [0.05, 0.1) is 18.6 Å². The lowest BCUT2D eigenvalue weighted by Gasteiger charge is -2.14. The molecule has 11 heteroatoms. The molecule has 0 radical (unpaired) electrons. The number of hydrogen-bond donors (Lipinski definition) is 5. The highest BCUT2D eigenvalue weighted by atomic mass is 16.2. The number of ketones is 1. The third-order valence-corrected chi connectivity index (χ3v) is 5.78. The Morgan fingerprint density at radius 1 is 0.773 bits per heavy atom. The summed E-state index contributed by atoms with van der Waals surface area (Å²) in [5.74, 6) is -3.45. The lowest BCUT2D eigenvalue weighted by molar-refractivity contribution is -0.138. The molecule has 44 heavy (non-hydrogen) atoms. The average molecular weight is 601 g/mol. The van der Waals surface area contributed by atoms with Crippen LogP contribution < -0.4 is 21.3 Å². The molecule has 1 unspecified atom stereocenters. The summed E-state index contributed by atoms with van der Waals surface area (Å²) in [6.45, 7) is 7.04. The van der Waals surface area contributed by atoms with Gasteiger partial charge in [-0.05, 0) is 25.5 Å². The zero-order valence-electron chi connectivity index (χ0n) is 25.5. The molecule has 0 saturated carbocycles. The third kappa shape index (κ3) is 12.3. The summed E-state index contributed by atoms with van der Waals surface area (Å²) < 4.78 is 0. The van der Waals surface area contributed by atoms with Crippen LogP contribution in [0.4, 0.5) is 0 Å². The van der Waals surface area contributed by atoms with Crippen LogP contribution in [0, 0.1) is 6.92 Å². The molecular formula is C33H40N6O5. The van der Waals surface area contributed by atoms with E-state index in [1.807, 2.05) is 36.4 Å². The van der Waals surface area contributed by atoms with E-state index in [4.69, 9.17) is 0 Å². The summed E-state index contributed by atoms with van der Waals surface area (Å²) in [6, 6.07) is 25.4. The standard InChI is InChI=1S/C23H24N6O5.C7H8.C3H8/c1-14(21(32)25-12-18(30)22(33)24-11-15-7-3-2-4-8-15)27-19(31)13-26-23(34)20-16-9-5-6-10-17(16)28-29-20;1-7-5-3-2-4-6-7;1-3-2/h2-10,14H,11-13H2,1H3,(H,24,33)(H,25,32)(H,26,34)(H,27,31)(H,28,29);2-6H,1H3;3H2,1-2H3. The van der Waals surface area contributed by atoms with E-state index in [9.17, 15) is 24.0 Å². The molecule has 0 aliphatic carbocycles. The number of hydrogen-bond acceptors (Lipinski definition) is 6. The summed E-state index contributed by atoms with van der Waals surface area (Å²) in [4.78, 5) is 60.3. The van der Waals surface area contributed by atoms with Crippen molar-refractivity contribution in [3.8, 4) is 0 Å². The van der Waals surface area contributed by atoms with E-state index in [2.05, 4.69) is 64.4 Å². The molecular weight excluding hydrogens is 560 g/mol. The zero-order valence-corrected chi connectivity index (χ0v) is 25.5. The maximum Gasteiger partial charge on any atom is 0.289 e. The van der Waals surface area contributed by atoms with Gasteiger partial charge in [0.25, 0.3) is 11.8 Å². The van der Waals surface area contributed by atoms with E-state index >= 15 is 0 Å². The van der Waals surface area contributed by atoms with Crippen molar-refractivity contribution >= 4 is 40.3 Å². The second-order valence-corrected chi connectivity index (χ2v) is 9.76. The molecule has 1 aromatic heterocycles. The number of Topliss-reactive ketones (excluding diaryl/α,β-unsaturated/α-hetero) is 1. The minimum Gasteiger partial charge on any atom is -0.347 e. The molecule has 0 bridgehead atoms. The van der Waals surface area contributed by atoms with Crippen molar-refractivity contribution in [3.05, 3.63) is 102 Å². The Balaban J connectivity index is 0.000000576. The molecule has 4 amide bonds. The van der Waals surface area contributed by atoms with Crippen LogP contribution in [-0.4, -0.2) is 58.7 Å². The lowest BCUT2D eigenvalue weighted by atomic mass is 10.2. The van der Waals surface area contributed by atoms with Gasteiger partial charge in [-0.3, -0.25) is 29.1 Å². The molecule has 4 rings (SSSR count). The number of H-pyrrole nitrogens is 1. The van der Waals surface area contributed by atoms with E-state index in [0.717, 1.165) is 5.56 Å². The first-order valence-corrected chi connectivity index (χ1v) is 14.3. The van der Waals surface area contributed by atoms with Crippen LogP contribution in [0.5, 0.6) is 0 Å². The van der Waals surface area contributed by atoms with Crippen LogP contribution in [0.25, 0.3) is 10.9 Å². The van der Waals surface area contributed by atoms with Crippen LogP contribution in [0.3, 0.4) is 0 Å². The number of carbonyl (C=O) groups is 5. The monoisotopic (exact) mass is 600 g/mol. The Labute approximate surface area is 257 Å². The Morgan fingerprint density at radius 2 is 1.36 bits per heavy atom. The average Bonchev–Trinajstić information content (AvgIpc) is 3.47. The van der Waals surface area contributed by atoms with Gasteiger partial charge in [-0.2, -0.15) is 5.10 Å². The van der Waals surface area contributed by atoms with E-state index in [1.54, 1.807) is 36.4 Å². The van der Waals surface area contributed by atoms with Gasteiger partial charge in [0, 0.05) is 11.9 Å². The maximum absolute atomic E-state index is 12.3. The molecule has 0 aliphatic rings. The molecule has 11 nitrogen and oxygen atoms in total. The van der Waals surface area contributed by atoms with Crippen LogP contribution in [0.2, 0.25) is 0 Å². The molecule has 0 spiro atoms. The molecule has 0 aliphatic heterocycles. The summed E-state index contributed by atoms with van der Waals surface area (Å²) in [5, 5.41) is 16.9. The molecule has 5 N–H and O–H groups in total. The number of nitrogens with zero attached hydrogens (tertiary/aromatic N) is 1. The van der Waals surface area contributed by atoms with Gasteiger partial charge in [-0.1, -0.05) is 105 Å². The number of aromatic amines is 1. The van der Waals surface area contributed by atoms with E-state index < -0.39 is 42.0 Å². The first-order valence-electron chi connectivity index (χ1n) is 14.3. The normalized spacial score (nSPS) is 10.5. The first-order chi connectivity index (χ1) is 21.2. The van der Waals surface area contributed by atoms with Crippen LogP contribution in [-0.2, 0) is 25.7 Å². The molecule has 1 heterocycles. The molecule has 3 aromatic carbocycles. The van der Waals surface area contributed by atoms with Gasteiger partial charge in [0.15, 0.2) is 5.69 Å². The van der Waals surface area contributed by atoms with Crippen molar-refractivity contribution in [1.82, 2.24) is 31.5 Å². The molecule has 4 aromatic rings. The molecule has 232 valence electrons. The highest BCUT2D eigenvalue weighted by Crippen LogP contribution is 2.14. The van der Waals surface area contributed by atoms with Crippen molar-refractivity contribution in [2.24, 2.45) is 0 Å². The second kappa shape index (κ2) is 19.0. The summed E-state index contributed by atoms with van der Waals surface area (Å²) >= 11 is 0. The Kier molecular flexibility index (Phi) is 15.0. The second-order valence-electron chi connectivity index (χ2n) is 9.76. The molecule has 0 fully saturated rings. The van der Waals surface area contributed by atoms with E-state index in [1.165, 1.54) is 18.9 Å². The Bertz CT molecular complexity index is 1500. The van der Waals surface area contributed by atoms with Crippen LogP contribution >= 0.6 is 0 Å². The number of aryl methyl sites for hydroxylation is 1. The minimum absolute atomic E-state index is 0.151. The van der Waals surface area contributed by atoms with Crippen LogP contribution in [0.1, 0.15) is 48.8 Å². The van der Waals surface area contributed by atoms with Crippen molar-refractivity contribution in [2.75, 3.05) is 13.1 Å². The quantitative estimate of drug-likeness (QED) is 0.176. The van der Waals surface area contributed by atoms with Gasteiger partial charge < -0.3 is 21.3 Å². The topological polar surface area (TPSA) is 162 Å². The Morgan fingerprint density at radius 3 is 1.98 bits per heavy atom. The lowest BCUT2D eigenvalue weighted by Crippen LogP contribution is -2.49. The fraction of sp³-hybridized carbons (Fsp3) is 0.273. The zero-order chi connectivity index (χ0) is 32.3. The maximum atomic E-state index is 12.3. The predicted octanol–water partition coefficient (Wildman–Crippen LogP) is 3.21. The fourth-order valence-electron chi connectivity index (χ4n) is 3.55. The van der Waals surface area contributed by atoms with Gasteiger partial charge in [-0.25, -0.2) is 0 Å².